The van der Waals surface area contributed by atoms with Crippen LogP contribution in [0.25, 0.3) is 0 Å². The maximum absolute atomic E-state index is 13.5. The molecule has 0 amide bonds. The topological polar surface area (TPSA) is 35.2 Å². The zero-order valence-electron chi connectivity index (χ0n) is 12.4. The molecule has 2 nitrogen and oxygen atoms in total. The van der Waals surface area contributed by atoms with Gasteiger partial charge in [-0.1, -0.05) is 19.9 Å². The molecule has 0 saturated heterocycles. The van der Waals surface area contributed by atoms with Crippen molar-refractivity contribution in [3.63, 3.8) is 0 Å². The lowest BCUT2D eigenvalue weighted by molar-refractivity contribution is -0.0251. The van der Waals surface area contributed by atoms with Gasteiger partial charge in [0, 0.05) is 24.1 Å². The van der Waals surface area contributed by atoms with E-state index >= 15 is 0 Å². The number of ether oxygens (including phenoxy) is 1. The van der Waals surface area contributed by atoms with Crippen molar-refractivity contribution in [3.8, 4) is 5.75 Å². The van der Waals surface area contributed by atoms with Gasteiger partial charge in [0.25, 0.3) is 0 Å². The van der Waals surface area contributed by atoms with E-state index in [1.165, 1.54) is 25.0 Å². The van der Waals surface area contributed by atoms with Gasteiger partial charge in [-0.15, -0.1) is 0 Å². The summed E-state index contributed by atoms with van der Waals surface area (Å²) in [6.45, 7) is 4.56. The van der Waals surface area contributed by atoms with E-state index in [1.807, 2.05) is 0 Å². The zero-order chi connectivity index (χ0) is 14.3. The lowest BCUT2D eigenvalue weighted by Crippen LogP contribution is -2.47. The van der Waals surface area contributed by atoms with Gasteiger partial charge in [0.05, 0.1) is 0 Å². The van der Waals surface area contributed by atoms with Gasteiger partial charge in [-0.2, -0.15) is 0 Å². The normalized spacial score (nSPS) is 33.0. The smallest absolute Gasteiger partial charge is 0.127 e. The van der Waals surface area contributed by atoms with Crippen molar-refractivity contribution < 1.29 is 9.13 Å². The molecule has 1 aromatic carbocycles. The third kappa shape index (κ3) is 2.44. The summed E-state index contributed by atoms with van der Waals surface area (Å²) in [5.74, 6) is 1.77. The van der Waals surface area contributed by atoms with Crippen molar-refractivity contribution in [1.29, 1.82) is 0 Å². The SMILES string of the molecule is CC(C)C1CCCC2(CC(N)c3ccc(F)cc3O2)C1. The Labute approximate surface area is 120 Å². The van der Waals surface area contributed by atoms with Gasteiger partial charge in [0.1, 0.15) is 17.2 Å². The van der Waals surface area contributed by atoms with Crippen molar-refractivity contribution in [2.75, 3.05) is 0 Å². The average molecular weight is 277 g/mol. The Hall–Kier alpha value is -1.09. The number of nitrogens with two attached hydrogens (primary N) is 1. The van der Waals surface area contributed by atoms with Crippen molar-refractivity contribution in [2.45, 2.75) is 57.6 Å². The summed E-state index contributed by atoms with van der Waals surface area (Å²) in [5, 5.41) is 0. The molecule has 0 bridgehead atoms. The molecule has 3 atom stereocenters. The highest BCUT2D eigenvalue weighted by atomic mass is 19.1. The van der Waals surface area contributed by atoms with Crippen LogP contribution in [-0.4, -0.2) is 5.60 Å². The molecule has 1 spiro atoms. The van der Waals surface area contributed by atoms with Gasteiger partial charge in [-0.3, -0.25) is 0 Å². The summed E-state index contributed by atoms with van der Waals surface area (Å²) in [7, 11) is 0. The van der Waals surface area contributed by atoms with Gasteiger partial charge < -0.3 is 10.5 Å². The molecule has 1 aromatic rings. The highest BCUT2D eigenvalue weighted by Crippen LogP contribution is 2.48. The van der Waals surface area contributed by atoms with Crippen LogP contribution in [0.2, 0.25) is 0 Å². The zero-order valence-corrected chi connectivity index (χ0v) is 12.4. The molecule has 2 aliphatic rings. The Kier molecular flexibility index (Phi) is 3.49. The molecule has 2 N–H and O–H groups in total. The molecule has 1 aliphatic carbocycles. The van der Waals surface area contributed by atoms with Gasteiger partial charge >= 0.3 is 0 Å². The monoisotopic (exact) mass is 277 g/mol. The largest absolute Gasteiger partial charge is 0.487 e. The maximum atomic E-state index is 13.5. The van der Waals surface area contributed by atoms with E-state index in [0.717, 1.165) is 24.8 Å². The van der Waals surface area contributed by atoms with Crippen LogP contribution in [-0.2, 0) is 0 Å². The number of fused-ring (bicyclic) bond motifs is 1. The molecule has 110 valence electrons. The van der Waals surface area contributed by atoms with Crippen LogP contribution in [0, 0.1) is 17.7 Å². The maximum Gasteiger partial charge on any atom is 0.127 e. The minimum atomic E-state index is -0.246. The van der Waals surface area contributed by atoms with Crippen LogP contribution in [0.1, 0.15) is 57.6 Å². The van der Waals surface area contributed by atoms with E-state index < -0.39 is 0 Å². The number of benzene rings is 1. The number of hydrogen-bond donors (Lipinski definition) is 1. The van der Waals surface area contributed by atoms with Crippen LogP contribution >= 0.6 is 0 Å². The first kappa shape index (κ1) is 13.9. The Morgan fingerprint density at radius 1 is 1.35 bits per heavy atom. The number of hydrogen-bond acceptors (Lipinski definition) is 2. The highest BCUT2D eigenvalue weighted by molar-refractivity contribution is 5.39. The fourth-order valence-corrected chi connectivity index (χ4v) is 3.90. The number of rotatable bonds is 1. The average Bonchev–Trinajstić information content (AvgIpc) is 2.37. The molecule has 20 heavy (non-hydrogen) atoms. The third-order valence-electron chi connectivity index (χ3n) is 5.08. The van der Waals surface area contributed by atoms with Crippen LogP contribution < -0.4 is 10.5 Å². The van der Waals surface area contributed by atoms with Crippen molar-refractivity contribution >= 4 is 0 Å². The van der Waals surface area contributed by atoms with Crippen molar-refractivity contribution in [2.24, 2.45) is 17.6 Å². The summed E-state index contributed by atoms with van der Waals surface area (Å²) < 4.78 is 19.7. The van der Waals surface area contributed by atoms with Crippen LogP contribution in [0.15, 0.2) is 18.2 Å². The molecule has 3 heteroatoms. The second-order valence-corrected chi connectivity index (χ2v) is 6.88. The van der Waals surface area contributed by atoms with E-state index in [0.29, 0.717) is 17.6 Å². The van der Waals surface area contributed by atoms with Crippen molar-refractivity contribution in [1.82, 2.24) is 0 Å². The Morgan fingerprint density at radius 3 is 2.90 bits per heavy atom. The Bertz CT molecular complexity index is 502. The van der Waals surface area contributed by atoms with E-state index in [4.69, 9.17) is 10.5 Å². The van der Waals surface area contributed by atoms with Crippen molar-refractivity contribution in [3.05, 3.63) is 29.6 Å². The molecule has 1 saturated carbocycles. The predicted molar refractivity (Wildman–Crippen MR) is 78.1 cm³/mol. The van der Waals surface area contributed by atoms with E-state index in [1.54, 1.807) is 6.07 Å². The van der Waals surface area contributed by atoms with Gasteiger partial charge in [0.15, 0.2) is 0 Å². The minimum absolute atomic E-state index is 0.0368. The first-order valence-electron chi connectivity index (χ1n) is 7.73. The van der Waals surface area contributed by atoms with Crippen LogP contribution in [0.4, 0.5) is 4.39 Å². The molecule has 1 fully saturated rings. The first-order chi connectivity index (χ1) is 9.49. The third-order valence-corrected chi connectivity index (χ3v) is 5.08. The first-order valence-corrected chi connectivity index (χ1v) is 7.73. The summed E-state index contributed by atoms with van der Waals surface area (Å²) >= 11 is 0. The second kappa shape index (κ2) is 5.03. The second-order valence-electron chi connectivity index (χ2n) is 6.88. The van der Waals surface area contributed by atoms with E-state index in [2.05, 4.69) is 13.8 Å². The lowest BCUT2D eigenvalue weighted by Gasteiger charge is -2.46. The van der Waals surface area contributed by atoms with Crippen LogP contribution in [0.3, 0.4) is 0 Å². The minimum Gasteiger partial charge on any atom is -0.487 e. The molecular weight excluding hydrogens is 253 g/mol. The quantitative estimate of drug-likeness (QED) is 0.835. The highest BCUT2D eigenvalue weighted by Gasteiger charge is 2.44. The molecule has 1 aliphatic heterocycles. The van der Waals surface area contributed by atoms with E-state index in [-0.39, 0.29) is 17.5 Å². The fourth-order valence-electron chi connectivity index (χ4n) is 3.90. The molecular formula is C17H24FNO. The van der Waals surface area contributed by atoms with E-state index in [9.17, 15) is 4.39 Å². The van der Waals surface area contributed by atoms with Gasteiger partial charge in [-0.05, 0) is 43.6 Å². The summed E-state index contributed by atoms with van der Waals surface area (Å²) in [6, 6.07) is 4.70. The Morgan fingerprint density at radius 2 is 2.15 bits per heavy atom. The molecule has 0 radical (unpaired) electrons. The standard InChI is InChI=1S/C17H24FNO/c1-11(2)12-4-3-7-17(9-12)10-15(19)14-6-5-13(18)8-16(14)20-17/h5-6,8,11-12,15H,3-4,7,9-10,19H2,1-2H3. The lowest BCUT2D eigenvalue weighted by atomic mass is 9.70. The Balaban J connectivity index is 1.89. The summed E-state index contributed by atoms with van der Waals surface area (Å²) in [5.41, 5.74) is 7.10. The molecule has 3 rings (SSSR count). The summed E-state index contributed by atoms with van der Waals surface area (Å²) in [4.78, 5) is 0. The predicted octanol–water partition coefficient (Wildman–Crippen LogP) is 4.19. The van der Waals surface area contributed by atoms with Gasteiger partial charge in [-0.25, -0.2) is 4.39 Å². The van der Waals surface area contributed by atoms with Crippen LogP contribution in [0.5, 0.6) is 5.75 Å². The fraction of sp³-hybridized carbons (Fsp3) is 0.647. The molecule has 0 aromatic heterocycles. The number of halogens is 1. The summed E-state index contributed by atoms with van der Waals surface area (Å²) in [6.07, 6.45) is 5.40. The molecule has 3 unspecified atom stereocenters. The van der Waals surface area contributed by atoms with Gasteiger partial charge in [0.2, 0.25) is 0 Å². The molecule has 1 heterocycles.